The number of rotatable bonds is 5. The first-order chi connectivity index (χ1) is 15.7. The first kappa shape index (κ1) is 20.5. The Morgan fingerprint density at radius 2 is 1.75 bits per heavy atom. The number of primary amides is 1. The predicted octanol–water partition coefficient (Wildman–Crippen LogP) is 1.77. The minimum Gasteiger partial charge on any atom is -0.495 e. The van der Waals surface area contributed by atoms with Gasteiger partial charge < -0.3 is 20.3 Å². The molecule has 168 valence electrons. The van der Waals surface area contributed by atoms with Gasteiger partial charge in [0.15, 0.2) is 17.0 Å². The number of methoxy groups -OCH3 is 1. The van der Waals surface area contributed by atoms with Crippen LogP contribution in [0.2, 0.25) is 0 Å². The van der Waals surface area contributed by atoms with E-state index in [-0.39, 0.29) is 17.9 Å². The number of nitrogens with two attached hydrogens (primary N) is 1. The molecule has 1 aromatic carbocycles. The number of fused-ring (bicyclic) bond motifs is 1. The monoisotopic (exact) mass is 436 g/mol. The van der Waals surface area contributed by atoms with Crippen LogP contribution < -0.4 is 20.3 Å². The van der Waals surface area contributed by atoms with Gasteiger partial charge in [0.05, 0.1) is 18.8 Å². The molecule has 1 amide bonds. The van der Waals surface area contributed by atoms with Crippen molar-refractivity contribution in [2.24, 2.45) is 11.7 Å². The number of benzene rings is 1. The van der Waals surface area contributed by atoms with E-state index in [1.807, 2.05) is 22.9 Å². The number of nitrogens with zero attached hydrogens (tertiary/aromatic N) is 7. The van der Waals surface area contributed by atoms with E-state index in [1.165, 1.54) is 0 Å². The number of anilines is 2. The normalized spacial score (nSPS) is 21.7. The fraction of sp³-hybridized carbons (Fsp3) is 0.500. The predicted molar refractivity (Wildman–Crippen MR) is 121 cm³/mol. The molecule has 1 aliphatic heterocycles. The lowest BCUT2D eigenvalue weighted by Gasteiger charge is -2.37. The molecule has 3 aromatic rings. The van der Waals surface area contributed by atoms with Crippen LogP contribution in [0.15, 0.2) is 30.6 Å². The van der Waals surface area contributed by atoms with Crippen molar-refractivity contribution < 1.29 is 9.53 Å². The van der Waals surface area contributed by atoms with Crippen LogP contribution in [-0.2, 0) is 4.79 Å². The summed E-state index contributed by atoms with van der Waals surface area (Å²) in [7, 11) is 1.70. The van der Waals surface area contributed by atoms with Gasteiger partial charge in [-0.3, -0.25) is 4.79 Å². The number of carbonyl (C=O) groups is 1. The Kier molecular flexibility index (Phi) is 5.50. The van der Waals surface area contributed by atoms with Gasteiger partial charge in [-0.05, 0) is 37.8 Å². The standard InChI is InChI=1S/C22H28N8O2/c1-32-18-5-3-2-4-17(18)28-10-12-29(13-11-28)21-19-22(25-14-24-21)30(27-26-19)16-8-6-15(7-9-16)20(23)31/h2-5,14-16H,6-13H2,1H3,(H2,23,31). The lowest BCUT2D eigenvalue weighted by Crippen LogP contribution is -2.47. The van der Waals surface area contributed by atoms with Crippen LogP contribution in [-0.4, -0.2) is 64.2 Å². The maximum absolute atomic E-state index is 11.5. The van der Waals surface area contributed by atoms with Crippen LogP contribution in [0.1, 0.15) is 31.7 Å². The summed E-state index contributed by atoms with van der Waals surface area (Å²) in [5.74, 6) is 1.47. The summed E-state index contributed by atoms with van der Waals surface area (Å²) in [6.45, 7) is 3.36. The van der Waals surface area contributed by atoms with Gasteiger partial charge in [-0.1, -0.05) is 17.3 Å². The van der Waals surface area contributed by atoms with Crippen molar-refractivity contribution in [1.29, 1.82) is 0 Å². The van der Waals surface area contributed by atoms with Crippen molar-refractivity contribution in [3.63, 3.8) is 0 Å². The van der Waals surface area contributed by atoms with E-state index < -0.39 is 0 Å². The Labute approximate surface area is 186 Å². The second-order valence-electron chi connectivity index (χ2n) is 8.46. The molecule has 2 N–H and O–H groups in total. The zero-order chi connectivity index (χ0) is 22.1. The summed E-state index contributed by atoms with van der Waals surface area (Å²) in [5.41, 5.74) is 8.07. The second kappa shape index (κ2) is 8.60. The van der Waals surface area contributed by atoms with Crippen LogP contribution in [0.25, 0.3) is 11.2 Å². The lowest BCUT2D eigenvalue weighted by atomic mass is 9.86. The Morgan fingerprint density at radius 3 is 2.47 bits per heavy atom. The molecule has 2 aliphatic rings. The third-order valence-electron chi connectivity index (χ3n) is 6.69. The smallest absolute Gasteiger partial charge is 0.220 e. The zero-order valence-electron chi connectivity index (χ0n) is 18.2. The third-order valence-corrected chi connectivity index (χ3v) is 6.69. The van der Waals surface area contributed by atoms with E-state index in [9.17, 15) is 4.79 Å². The summed E-state index contributed by atoms with van der Waals surface area (Å²) in [6.07, 6.45) is 4.86. The van der Waals surface area contributed by atoms with Gasteiger partial charge in [-0.15, -0.1) is 5.10 Å². The molecule has 1 saturated carbocycles. The zero-order valence-corrected chi connectivity index (χ0v) is 18.2. The maximum Gasteiger partial charge on any atom is 0.220 e. The maximum atomic E-state index is 11.5. The van der Waals surface area contributed by atoms with Gasteiger partial charge in [-0.25, -0.2) is 14.6 Å². The number of hydrogen-bond acceptors (Lipinski definition) is 8. The quantitative estimate of drug-likeness (QED) is 0.643. The highest BCUT2D eigenvalue weighted by Gasteiger charge is 2.29. The Hall–Kier alpha value is -3.43. The average Bonchev–Trinajstić information content (AvgIpc) is 3.28. The van der Waals surface area contributed by atoms with Gasteiger partial charge in [-0.2, -0.15) is 0 Å². The van der Waals surface area contributed by atoms with Crippen molar-refractivity contribution in [3.8, 4) is 5.75 Å². The van der Waals surface area contributed by atoms with Crippen molar-refractivity contribution in [3.05, 3.63) is 30.6 Å². The molecule has 2 fully saturated rings. The molecule has 0 unspecified atom stereocenters. The van der Waals surface area contributed by atoms with Crippen LogP contribution in [0, 0.1) is 5.92 Å². The van der Waals surface area contributed by atoms with Gasteiger partial charge >= 0.3 is 0 Å². The van der Waals surface area contributed by atoms with Crippen molar-refractivity contribution in [2.45, 2.75) is 31.7 Å². The summed E-state index contributed by atoms with van der Waals surface area (Å²) < 4.78 is 7.43. The first-order valence-electron chi connectivity index (χ1n) is 11.1. The fourth-order valence-corrected chi connectivity index (χ4v) is 4.89. The molecular weight excluding hydrogens is 408 g/mol. The second-order valence-corrected chi connectivity index (χ2v) is 8.46. The number of amides is 1. The molecule has 2 aromatic heterocycles. The van der Waals surface area contributed by atoms with E-state index in [0.717, 1.165) is 80.3 Å². The topological polar surface area (TPSA) is 115 Å². The van der Waals surface area contributed by atoms with Crippen molar-refractivity contribution in [1.82, 2.24) is 25.0 Å². The van der Waals surface area contributed by atoms with Gasteiger partial charge in [0.25, 0.3) is 0 Å². The van der Waals surface area contributed by atoms with E-state index >= 15 is 0 Å². The van der Waals surface area contributed by atoms with Crippen LogP contribution >= 0.6 is 0 Å². The molecule has 5 rings (SSSR count). The average molecular weight is 437 g/mol. The highest BCUT2D eigenvalue weighted by Crippen LogP contribution is 2.34. The molecule has 1 saturated heterocycles. The fourth-order valence-electron chi connectivity index (χ4n) is 4.89. The molecule has 1 aliphatic carbocycles. The number of hydrogen-bond donors (Lipinski definition) is 1. The minimum atomic E-state index is -0.205. The van der Waals surface area contributed by atoms with E-state index in [0.29, 0.717) is 0 Å². The third kappa shape index (κ3) is 3.69. The number of para-hydroxylation sites is 2. The molecule has 0 spiro atoms. The summed E-state index contributed by atoms with van der Waals surface area (Å²) in [5, 5.41) is 8.87. The van der Waals surface area contributed by atoms with E-state index in [4.69, 9.17) is 10.5 Å². The number of ether oxygens (including phenoxy) is 1. The number of aromatic nitrogens is 5. The van der Waals surface area contributed by atoms with Crippen molar-refractivity contribution >= 4 is 28.6 Å². The van der Waals surface area contributed by atoms with Crippen LogP contribution in [0.4, 0.5) is 11.5 Å². The summed E-state index contributed by atoms with van der Waals surface area (Å²) in [6, 6.07) is 8.29. The molecule has 10 nitrogen and oxygen atoms in total. The lowest BCUT2D eigenvalue weighted by molar-refractivity contribution is -0.122. The SMILES string of the molecule is COc1ccccc1N1CCN(c2ncnc3c2nnn3C2CCC(C(N)=O)CC2)CC1. The first-order valence-corrected chi connectivity index (χ1v) is 11.1. The number of piperazine rings is 1. The molecule has 0 atom stereocenters. The highest BCUT2D eigenvalue weighted by molar-refractivity contribution is 5.83. The van der Waals surface area contributed by atoms with Gasteiger partial charge in [0, 0.05) is 32.1 Å². The Balaban J connectivity index is 1.32. The number of carbonyl (C=O) groups excluding carboxylic acids is 1. The molecule has 10 heteroatoms. The van der Waals surface area contributed by atoms with Crippen LogP contribution in [0.3, 0.4) is 0 Å². The summed E-state index contributed by atoms with van der Waals surface area (Å²) in [4.78, 5) is 25.1. The Bertz CT molecular complexity index is 1100. The molecule has 3 heterocycles. The van der Waals surface area contributed by atoms with E-state index in [2.05, 4.69) is 36.1 Å². The molecule has 0 radical (unpaired) electrons. The van der Waals surface area contributed by atoms with E-state index in [1.54, 1.807) is 13.4 Å². The van der Waals surface area contributed by atoms with Crippen LogP contribution in [0.5, 0.6) is 5.75 Å². The largest absolute Gasteiger partial charge is 0.495 e. The molecular formula is C22H28N8O2. The minimum absolute atomic E-state index is 0.0363. The molecule has 32 heavy (non-hydrogen) atoms. The highest BCUT2D eigenvalue weighted by atomic mass is 16.5. The van der Waals surface area contributed by atoms with Crippen molar-refractivity contribution in [2.75, 3.05) is 43.1 Å². The van der Waals surface area contributed by atoms with Gasteiger partial charge in [0.1, 0.15) is 12.1 Å². The van der Waals surface area contributed by atoms with Gasteiger partial charge in [0.2, 0.25) is 5.91 Å². The molecule has 0 bridgehead atoms. The summed E-state index contributed by atoms with van der Waals surface area (Å²) >= 11 is 0. The Morgan fingerprint density at radius 1 is 1.03 bits per heavy atom.